The van der Waals surface area contributed by atoms with Crippen LogP contribution in [0.15, 0.2) is 42.0 Å². The van der Waals surface area contributed by atoms with Crippen LogP contribution in [0.25, 0.3) is 5.57 Å². The summed E-state index contributed by atoms with van der Waals surface area (Å²) in [7, 11) is 0. The fourth-order valence-corrected chi connectivity index (χ4v) is 3.46. The highest BCUT2D eigenvalue weighted by molar-refractivity contribution is 6.13. The summed E-state index contributed by atoms with van der Waals surface area (Å²) in [6.07, 6.45) is 4.25. The SMILES string of the molecule is C=CC1=C(C)C(=O)C=C2c3ccc(O)c(C)c3CCC21O. The van der Waals surface area contributed by atoms with Crippen LogP contribution in [0.4, 0.5) is 0 Å². The second kappa shape index (κ2) is 4.43. The van der Waals surface area contributed by atoms with Crippen molar-refractivity contribution in [3.05, 3.63) is 58.7 Å². The number of fused-ring (bicyclic) bond motifs is 3. The van der Waals surface area contributed by atoms with Crippen LogP contribution < -0.4 is 0 Å². The van der Waals surface area contributed by atoms with Gasteiger partial charge in [0.1, 0.15) is 11.4 Å². The van der Waals surface area contributed by atoms with E-state index in [1.54, 1.807) is 25.1 Å². The highest BCUT2D eigenvalue weighted by Crippen LogP contribution is 2.48. The molecular weight excluding hydrogens is 264 g/mol. The number of phenolic OH excluding ortho intramolecular Hbond substituents is 1. The van der Waals surface area contributed by atoms with Gasteiger partial charge in [0.25, 0.3) is 0 Å². The van der Waals surface area contributed by atoms with Crippen LogP contribution in [0, 0.1) is 6.92 Å². The van der Waals surface area contributed by atoms with Crippen molar-refractivity contribution in [2.75, 3.05) is 0 Å². The van der Waals surface area contributed by atoms with Gasteiger partial charge in [-0.25, -0.2) is 0 Å². The lowest BCUT2D eigenvalue weighted by atomic mass is 9.67. The molecule has 1 aromatic carbocycles. The molecule has 0 fully saturated rings. The Morgan fingerprint density at radius 2 is 2.05 bits per heavy atom. The lowest BCUT2D eigenvalue weighted by Gasteiger charge is -2.40. The molecule has 0 saturated carbocycles. The third kappa shape index (κ3) is 1.74. The number of hydrogen-bond acceptors (Lipinski definition) is 3. The van der Waals surface area contributed by atoms with Crippen molar-refractivity contribution in [1.82, 2.24) is 0 Å². The van der Waals surface area contributed by atoms with Crippen molar-refractivity contribution in [3.8, 4) is 5.75 Å². The minimum absolute atomic E-state index is 0.0943. The number of hydrogen-bond donors (Lipinski definition) is 2. The molecule has 0 aliphatic heterocycles. The molecule has 3 rings (SSSR count). The standard InChI is InChI=1S/C18H18O3/c1-4-14-11(3)17(20)9-15-13-5-6-16(19)10(2)12(13)7-8-18(14,15)21/h4-6,9,19,21H,1,7-8H2,2-3H3. The number of ketones is 1. The monoisotopic (exact) mass is 282 g/mol. The van der Waals surface area contributed by atoms with Crippen LogP contribution in [0.1, 0.15) is 30.0 Å². The molecule has 108 valence electrons. The van der Waals surface area contributed by atoms with Gasteiger partial charge in [-0.1, -0.05) is 18.7 Å². The Kier molecular flexibility index (Phi) is 2.92. The van der Waals surface area contributed by atoms with Crippen LogP contribution in [0.5, 0.6) is 5.75 Å². The van der Waals surface area contributed by atoms with Crippen molar-refractivity contribution < 1.29 is 15.0 Å². The fraction of sp³-hybridized carbons (Fsp3) is 0.278. The van der Waals surface area contributed by atoms with Gasteiger partial charge in [0.2, 0.25) is 0 Å². The van der Waals surface area contributed by atoms with E-state index < -0.39 is 5.60 Å². The normalized spacial score (nSPS) is 24.3. The minimum Gasteiger partial charge on any atom is -0.508 e. The molecule has 0 saturated heterocycles. The Balaban J connectivity index is 2.28. The quantitative estimate of drug-likeness (QED) is 0.832. The summed E-state index contributed by atoms with van der Waals surface area (Å²) in [5, 5.41) is 21.0. The molecule has 21 heavy (non-hydrogen) atoms. The lowest BCUT2D eigenvalue weighted by molar-refractivity contribution is -0.111. The third-order valence-corrected chi connectivity index (χ3v) is 4.74. The molecule has 0 amide bonds. The summed E-state index contributed by atoms with van der Waals surface area (Å²) in [5.41, 5.74) is 3.28. The molecular formula is C18H18O3. The zero-order chi connectivity index (χ0) is 15.4. The van der Waals surface area contributed by atoms with E-state index in [1.165, 1.54) is 6.08 Å². The first-order valence-electron chi connectivity index (χ1n) is 7.04. The molecule has 2 aliphatic carbocycles. The molecule has 1 unspecified atom stereocenters. The predicted octanol–water partition coefficient (Wildman–Crippen LogP) is 2.85. The topological polar surface area (TPSA) is 57.5 Å². The zero-order valence-corrected chi connectivity index (χ0v) is 12.2. The van der Waals surface area contributed by atoms with Crippen LogP contribution >= 0.6 is 0 Å². The first kappa shape index (κ1) is 13.8. The average molecular weight is 282 g/mol. The summed E-state index contributed by atoms with van der Waals surface area (Å²) in [6.45, 7) is 7.34. The molecule has 0 heterocycles. The second-order valence-electron chi connectivity index (χ2n) is 5.76. The Bertz CT molecular complexity index is 737. The Morgan fingerprint density at radius 3 is 2.71 bits per heavy atom. The van der Waals surface area contributed by atoms with Crippen molar-refractivity contribution in [2.24, 2.45) is 0 Å². The summed E-state index contributed by atoms with van der Waals surface area (Å²) in [5.74, 6) is 0.153. The van der Waals surface area contributed by atoms with Crippen LogP contribution in [-0.4, -0.2) is 21.6 Å². The van der Waals surface area contributed by atoms with Crippen LogP contribution in [-0.2, 0) is 11.2 Å². The summed E-state index contributed by atoms with van der Waals surface area (Å²) in [6, 6.07) is 3.40. The first-order valence-corrected chi connectivity index (χ1v) is 7.04. The molecule has 0 aromatic heterocycles. The molecule has 3 heteroatoms. The predicted molar refractivity (Wildman–Crippen MR) is 82.0 cm³/mol. The molecule has 0 spiro atoms. The molecule has 3 nitrogen and oxygen atoms in total. The maximum atomic E-state index is 12.2. The summed E-state index contributed by atoms with van der Waals surface area (Å²) in [4.78, 5) is 12.2. The molecule has 1 atom stereocenters. The number of phenols is 1. The van der Waals surface area contributed by atoms with Gasteiger partial charge in [0.15, 0.2) is 5.78 Å². The molecule has 0 radical (unpaired) electrons. The molecule has 0 bridgehead atoms. The maximum absolute atomic E-state index is 12.2. The average Bonchev–Trinajstić information content (AvgIpc) is 2.45. The van der Waals surface area contributed by atoms with Gasteiger partial charge in [-0.15, -0.1) is 0 Å². The number of carbonyl (C=O) groups excluding carboxylic acids is 1. The molecule has 2 aliphatic rings. The Hall–Kier alpha value is -2.13. The second-order valence-corrected chi connectivity index (χ2v) is 5.76. The summed E-state index contributed by atoms with van der Waals surface area (Å²) >= 11 is 0. The summed E-state index contributed by atoms with van der Waals surface area (Å²) < 4.78 is 0. The number of aliphatic hydroxyl groups is 1. The van der Waals surface area contributed by atoms with Gasteiger partial charge in [-0.3, -0.25) is 4.79 Å². The van der Waals surface area contributed by atoms with E-state index >= 15 is 0 Å². The molecule has 1 aromatic rings. The minimum atomic E-state index is -1.16. The highest BCUT2D eigenvalue weighted by atomic mass is 16.3. The van der Waals surface area contributed by atoms with E-state index in [0.29, 0.717) is 29.6 Å². The van der Waals surface area contributed by atoms with Gasteiger partial charge >= 0.3 is 0 Å². The van der Waals surface area contributed by atoms with E-state index in [1.807, 2.05) is 6.92 Å². The van der Waals surface area contributed by atoms with Crippen molar-refractivity contribution in [2.45, 2.75) is 32.3 Å². The first-order chi connectivity index (χ1) is 9.90. The van der Waals surface area contributed by atoms with Crippen molar-refractivity contribution >= 4 is 11.4 Å². The van der Waals surface area contributed by atoms with Gasteiger partial charge in [-0.2, -0.15) is 0 Å². The fourth-order valence-electron chi connectivity index (χ4n) is 3.46. The van der Waals surface area contributed by atoms with E-state index in [0.717, 1.165) is 16.7 Å². The van der Waals surface area contributed by atoms with E-state index in [4.69, 9.17) is 0 Å². The van der Waals surface area contributed by atoms with Crippen LogP contribution in [0.3, 0.4) is 0 Å². The largest absolute Gasteiger partial charge is 0.508 e. The lowest BCUT2D eigenvalue weighted by Crippen LogP contribution is -2.40. The van der Waals surface area contributed by atoms with Gasteiger partial charge in [0, 0.05) is 5.57 Å². The van der Waals surface area contributed by atoms with Gasteiger partial charge in [-0.05, 0) is 66.7 Å². The van der Waals surface area contributed by atoms with Crippen LogP contribution in [0.2, 0.25) is 0 Å². The molecule has 2 N–H and O–H groups in total. The number of benzene rings is 1. The van der Waals surface area contributed by atoms with Crippen molar-refractivity contribution in [1.29, 1.82) is 0 Å². The smallest absolute Gasteiger partial charge is 0.182 e. The van der Waals surface area contributed by atoms with E-state index in [-0.39, 0.29) is 11.5 Å². The Morgan fingerprint density at radius 1 is 1.33 bits per heavy atom. The van der Waals surface area contributed by atoms with Gasteiger partial charge < -0.3 is 10.2 Å². The number of aromatic hydroxyl groups is 1. The van der Waals surface area contributed by atoms with E-state index in [2.05, 4.69) is 6.58 Å². The number of carbonyl (C=O) groups is 1. The van der Waals surface area contributed by atoms with Crippen molar-refractivity contribution in [3.63, 3.8) is 0 Å². The number of allylic oxidation sites excluding steroid dienone is 2. The third-order valence-electron chi connectivity index (χ3n) is 4.74. The van der Waals surface area contributed by atoms with E-state index in [9.17, 15) is 15.0 Å². The maximum Gasteiger partial charge on any atom is 0.182 e. The zero-order valence-electron chi connectivity index (χ0n) is 12.2. The van der Waals surface area contributed by atoms with Gasteiger partial charge in [0.05, 0.1) is 0 Å². The number of rotatable bonds is 1. The highest BCUT2D eigenvalue weighted by Gasteiger charge is 2.43. The Labute approximate surface area is 123 Å².